The number of hydrogen-bond donors (Lipinski definition) is 2. The number of hydrogen-bond acceptors (Lipinski definition) is 3. The van der Waals surface area contributed by atoms with Crippen molar-refractivity contribution in [2.75, 3.05) is 12.4 Å². The number of benzene rings is 1. The second-order valence-corrected chi connectivity index (χ2v) is 4.20. The minimum absolute atomic E-state index is 0.272. The molecule has 0 aliphatic heterocycles. The first-order valence-electron chi connectivity index (χ1n) is 6.42. The molecule has 0 atom stereocenters. The van der Waals surface area contributed by atoms with Gasteiger partial charge in [0.25, 0.3) is 0 Å². The molecular formula is C14H18N4O2. The Hall–Kier alpha value is -2.50. The molecule has 0 radical (unpaired) electrons. The van der Waals surface area contributed by atoms with Crippen LogP contribution in [0.25, 0.3) is 0 Å². The first-order chi connectivity index (χ1) is 9.72. The smallest absolute Gasteiger partial charge is 0.319 e. The van der Waals surface area contributed by atoms with Crippen LogP contribution < -0.4 is 15.4 Å². The van der Waals surface area contributed by atoms with E-state index in [0.717, 1.165) is 17.9 Å². The quantitative estimate of drug-likeness (QED) is 0.878. The molecule has 20 heavy (non-hydrogen) atoms. The van der Waals surface area contributed by atoms with Crippen molar-refractivity contribution in [1.29, 1.82) is 0 Å². The molecule has 2 aromatic rings. The summed E-state index contributed by atoms with van der Waals surface area (Å²) in [4.78, 5) is 11.8. The van der Waals surface area contributed by atoms with E-state index >= 15 is 0 Å². The second-order valence-electron chi connectivity index (χ2n) is 4.20. The average molecular weight is 274 g/mol. The van der Waals surface area contributed by atoms with Crippen LogP contribution in [0.15, 0.2) is 36.7 Å². The van der Waals surface area contributed by atoms with Crippen molar-refractivity contribution in [3.05, 3.63) is 42.2 Å². The second kappa shape index (κ2) is 6.60. The highest BCUT2D eigenvalue weighted by atomic mass is 16.5. The van der Waals surface area contributed by atoms with Crippen LogP contribution in [0.1, 0.15) is 12.5 Å². The van der Waals surface area contributed by atoms with E-state index in [-0.39, 0.29) is 6.03 Å². The molecule has 2 N–H and O–H groups in total. The van der Waals surface area contributed by atoms with E-state index in [1.54, 1.807) is 24.2 Å². The number of methoxy groups -OCH3 is 1. The predicted octanol–water partition coefficient (Wildman–Crippen LogP) is 2.23. The van der Waals surface area contributed by atoms with E-state index in [4.69, 9.17) is 4.74 Å². The van der Waals surface area contributed by atoms with Gasteiger partial charge < -0.3 is 15.4 Å². The molecule has 6 heteroatoms. The standard InChI is InChI=1S/C14H18N4O2/c1-3-18-10-12(9-16-18)17-14(19)15-8-11-6-4-5-7-13(11)20-2/h4-7,9-10H,3,8H2,1-2H3,(H2,15,17,19). The SMILES string of the molecule is CCn1cc(NC(=O)NCc2ccccc2OC)cn1. The Kier molecular flexibility index (Phi) is 4.60. The molecule has 1 heterocycles. The van der Waals surface area contributed by atoms with Crippen molar-refractivity contribution >= 4 is 11.7 Å². The van der Waals surface area contributed by atoms with Gasteiger partial charge in [-0.05, 0) is 13.0 Å². The van der Waals surface area contributed by atoms with E-state index in [2.05, 4.69) is 15.7 Å². The fourth-order valence-corrected chi connectivity index (χ4v) is 1.80. The monoisotopic (exact) mass is 274 g/mol. The van der Waals surface area contributed by atoms with Crippen molar-refractivity contribution in [2.45, 2.75) is 20.0 Å². The predicted molar refractivity (Wildman–Crippen MR) is 76.8 cm³/mol. The summed E-state index contributed by atoms with van der Waals surface area (Å²) in [5, 5.41) is 9.60. The Balaban J connectivity index is 1.88. The first-order valence-corrected chi connectivity index (χ1v) is 6.42. The zero-order valence-electron chi connectivity index (χ0n) is 11.6. The number of carbonyl (C=O) groups excluding carboxylic acids is 1. The third kappa shape index (κ3) is 3.50. The van der Waals surface area contributed by atoms with Crippen molar-refractivity contribution in [3.63, 3.8) is 0 Å². The van der Waals surface area contributed by atoms with Crippen LogP contribution in [0.4, 0.5) is 10.5 Å². The van der Waals surface area contributed by atoms with Crippen molar-refractivity contribution in [2.24, 2.45) is 0 Å². The van der Waals surface area contributed by atoms with Gasteiger partial charge in [-0.3, -0.25) is 4.68 Å². The largest absolute Gasteiger partial charge is 0.496 e. The minimum Gasteiger partial charge on any atom is -0.496 e. The summed E-state index contributed by atoms with van der Waals surface area (Å²) in [6.45, 7) is 3.15. The summed E-state index contributed by atoms with van der Waals surface area (Å²) in [7, 11) is 1.61. The maximum absolute atomic E-state index is 11.8. The van der Waals surface area contributed by atoms with Crippen LogP contribution in [0.5, 0.6) is 5.75 Å². The van der Waals surface area contributed by atoms with Gasteiger partial charge in [-0.2, -0.15) is 5.10 Å². The van der Waals surface area contributed by atoms with E-state index in [1.165, 1.54) is 0 Å². The van der Waals surface area contributed by atoms with E-state index < -0.39 is 0 Å². The van der Waals surface area contributed by atoms with Crippen LogP contribution in [0.3, 0.4) is 0 Å². The van der Waals surface area contributed by atoms with Crippen LogP contribution in [0.2, 0.25) is 0 Å². The van der Waals surface area contributed by atoms with Gasteiger partial charge in [0.1, 0.15) is 5.75 Å². The molecule has 1 aromatic carbocycles. The lowest BCUT2D eigenvalue weighted by molar-refractivity contribution is 0.251. The highest BCUT2D eigenvalue weighted by Crippen LogP contribution is 2.16. The maximum atomic E-state index is 11.8. The maximum Gasteiger partial charge on any atom is 0.319 e. The number of nitrogens with zero attached hydrogens (tertiary/aromatic N) is 2. The van der Waals surface area contributed by atoms with Crippen molar-refractivity contribution in [3.8, 4) is 5.75 Å². The molecule has 0 aliphatic rings. The summed E-state index contributed by atoms with van der Waals surface area (Å²) in [5.41, 5.74) is 1.60. The lowest BCUT2D eigenvalue weighted by Gasteiger charge is -2.09. The highest BCUT2D eigenvalue weighted by molar-refractivity contribution is 5.88. The molecule has 0 saturated heterocycles. The molecule has 0 bridgehead atoms. The fourth-order valence-electron chi connectivity index (χ4n) is 1.80. The molecule has 2 rings (SSSR count). The summed E-state index contributed by atoms with van der Waals surface area (Å²) < 4.78 is 6.97. The van der Waals surface area contributed by atoms with Gasteiger partial charge in [-0.15, -0.1) is 0 Å². The lowest BCUT2D eigenvalue weighted by Crippen LogP contribution is -2.28. The molecule has 0 fully saturated rings. The zero-order valence-corrected chi connectivity index (χ0v) is 11.6. The molecule has 1 aromatic heterocycles. The van der Waals surface area contributed by atoms with Gasteiger partial charge in [0.15, 0.2) is 0 Å². The third-order valence-corrected chi connectivity index (χ3v) is 2.85. The molecule has 2 amide bonds. The number of urea groups is 1. The fraction of sp³-hybridized carbons (Fsp3) is 0.286. The van der Waals surface area contributed by atoms with Gasteiger partial charge in [0.05, 0.1) is 19.0 Å². The number of rotatable bonds is 5. The Morgan fingerprint density at radius 1 is 1.40 bits per heavy atom. The number of amides is 2. The zero-order chi connectivity index (χ0) is 14.4. The molecule has 0 unspecified atom stereocenters. The molecule has 6 nitrogen and oxygen atoms in total. The van der Waals surface area contributed by atoms with Crippen LogP contribution in [-0.2, 0) is 13.1 Å². The molecule has 106 valence electrons. The Morgan fingerprint density at radius 3 is 2.90 bits per heavy atom. The number of ether oxygens (including phenoxy) is 1. The van der Waals surface area contributed by atoms with Gasteiger partial charge in [0.2, 0.25) is 0 Å². The van der Waals surface area contributed by atoms with Crippen LogP contribution in [0, 0.1) is 0 Å². The van der Waals surface area contributed by atoms with Gasteiger partial charge >= 0.3 is 6.03 Å². The Morgan fingerprint density at radius 2 is 2.20 bits per heavy atom. The molecule has 0 spiro atoms. The van der Waals surface area contributed by atoms with Gasteiger partial charge in [0, 0.05) is 24.8 Å². The number of para-hydroxylation sites is 1. The number of carbonyl (C=O) groups is 1. The lowest BCUT2D eigenvalue weighted by atomic mass is 10.2. The number of anilines is 1. The summed E-state index contributed by atoms with van der Waals surface area (Å²) in [6.07, 6.45) is 3.40. The highest BCUT2D eigenvalue weighted by Gasteiger charge is 2.06. The molecular weight excluding hydrogens is 256 g/mol. The van der Waals surface area contributed by atoms with Crippen molar-refractivity contribution < 1.29 is 9.53 Å². The average Bonchev–Trinajstić information content (AvgIpc) is 2.93. The summed E-state index contributed by atoms with van der Waals surface area (Å²) in [5.74, 6) is 0.756. The summed E-state index contributed by atoms with van der Waals surface area (Å²) >= 11 is 0. The normalized spacial score (nSPS) is 10.1. The van der Waals surface area contributed by atoms with E-state index in [0.29, 0.717) is 12.2 Å². The molecule has 0 saturated carbocycles. The Labute approximate surface area is 117 Å². The third-order valence-electron chi connectivity index (χ3n) is 2.85. The number of aryl methyl sites for hydroxylation is 1. The van der Waals surface area contributed by atoms with E-state index in [9.17, 15) is 4.79 Å². The topological polar surface area (TPSA) is 68.2 Å². The van der Waals surface area contributed by atoms with Crippen LogP contribution in [-0.4, -0.2) is 22.9 Å². The minimum atomic E-state index is -0.272. The Bertz CT molecular complexity index is 580. The number of nitrogens with one attached hydrogen (secondary N) is 2. The van der Waals surface area contributed by atoms with Gasteiger partial charge in [-0.1, -0.05) is 18.2 Å². The van der Waals surface area contributed by atoms with Gasteiger partial charge in [-0.25, -0.2) is 4.79 Å². The van der Waals surface area contributed by atoms with Crippen molar-refractivity contribution in [1.82, 2.24) is 15.1 Å². The van der Waals surface area contributed by atoms with Crippen LogP contribution >= 0.6 is 0 Å². The number of aromatic nitrogens is 2. The first kappa shape index (κ1) is 13.9. The summed E-state index contributed by atoms with van der Waals surface area (Å²) in [6, 6.07) is 7.30. The van der Waals surface area contributed by atoms with E-state index in [1.807, 2.05) is 31.2 Å². The molecule has 0 aliphatic carbocycles.